The first kappa shape index (κ1) is 12.5. The van der Waals surface area contributed by atoms with Gasteiger partial charge in [0.1, 0.15) is 5.75 Å². The Morgan fingerprint density at radius 1 is 1.38 bits per heavy atom. The van der Waals surface area contributed by atoms with E-state index in [1.54, 1.807) is 25.3 Å². The number of carbonyl (C=O) groups excluding carboxylic acids is 1. The van der Waals surface area contributed by atoms with E-state index in [-0.39, 0.29) is 11.3 Å². The average molecular weight is 222 g/mol. The Kier molecular flexibility index (Phi) is 3.55. The molecule has 0 aliphatic heterocycles. The zero-order valence-corrected chi connectivity index (χ0v) is 10.1. The molecule has 0 spiro atoms. The molecule has 1 rings (SSSR count). The summed E-state index contributed by atoms with van der Waals surface area (Å²) in [6, 6.07) is 5.28. The maximum Gasteiger partial charge on any atom is 0.265 e. The molecule has 0 aliphatic carbocycles. The predicted octanol–water partition coefficient (Wildman–Crippen LogP) is 1.60. The molecule has 0 fully saturated rings. The predicted molar refractivity (Wildman–Crippen MR) is 63.3 cm³/mol. The number of nitrogen functional groups attached to an aromatic ring is 1. The summed E-state index contributed by atoms with van der Waals surface area (Å²) in [6.07, 6.45) is 0. The fourth-order valence-electron chi connectivity index (χ4n) is 1.52. The maximum absolute atomic E-state index is 11.4. The number of hydrogen-bond donors (Lipinski definition) is 2. The molecule has 1 amide bonds. The highest BCUT2D eigenvalue weighted by Crippen LogP contribution is 2.31. The minimum atomic E-state index is -0.298. The van der Waals surface area contributed by atoms with Gasteiger partial charge in [-0.05, 0) is 23.6 Å². The van der Waals surface area contributed by atoms with Crippen molar-refractivity contribution in [3.05, 3.63) is 29.3 Å². The van der Waals surface area contributed by atoms with E-state index in [9.17, 15) is 4.79 Å². The zero-order chi connectivity index (χ0) is 12.3. The highest BCUT2D eigenvalue weighted by atomic mass is 16.5. The molecular formula is C12H18N2O2. The van der Waals surface area contributed by atoms with Crippen LogP contribution >= 0.6 is 0 Å². The van der Waals surface area contributed by atoms with Gasteiger partial charge in [0, 0.05) is 11.1 Å². The van der Waals surface area contributed by atoms with Crippen LogP contribution in [0.2, 0.25) is 0 Å². The number of carbonyl (C=O) groups is 1. The normalized spacial score (nSPS) is 11.1. The van der Waals surface area contributed by atoms with Crippen molar-refractivity contribution >= 4 is 5.91 Å². The number of amides is 1. The second-order valence-corrected chi connectivity index (χ2v) is 4.64. The van der Waals surface area contributed by atoms with Gasteiger partial charge in [-0.3, -0.25) is 10.2 Å². The summed E-state index contributed by atoms with van der Waals surface area (Å²) in [7, 11) is 1.62. The van der Waals surface area contributed by atoms with Crippen LogP contribution in [0.25, 0.3) is 0 Å². The number of nitrogens with two attached hydrogens (primary N) is 1. The molecule has 16 heavy (non-hydrogen) atoms. The first-order chi connectivity index (χ1) is 7.40. The molecule has 0 aliphatic rings. The van der Waals surface area contributed by atoms with Crippen LogP contribution in [0.15, 0.2) is 18.2 Å². The monoisotopic (exact) mass is 222 g/mol. The quantitative estimate of drug-likeness (QED) is 0.454. The van der Waals surface area contributed by atoms with Crippen LogP contribution in [-0.4, -0.2) is 13.0 Å². The first-order valence-corrected chi connectivity index (χ1v) is 5.09. The number of hydrazine groups is 1. The molecule has 1 aromatic carbocycles. The Morgan fingerprint density at radius 3 is 2.44 bits per heavy atom. The molecular weight excluding hydrogens is 204 g/mol. The van der Waals surface area contributed by atoms with Crippen LogP contribution in [0.3, 0.4) is 0 Å². The minimum absolute atomic E-state index is 0.0871. The van der Waals surface area contributed by atoms with E-state index in [4.69, 9.17) is 10.6 Å². The highest BCUT2D eigenvalue weighted by Gasteiger charge is 2.20. The van der Waals surface area contributed by atoms with Gasteiger partial charge in [0.2, 0.25) is 0 Å². The second-order valence-electron chi connectivity index (χ2n) is 4.64. The lowest BCUT2D eigenvalue weighted by molar-refractivity contribution is 0.0953. The van der Waals surface area contributed by atoms with Crippen LogP contribution in [0.4, 0.5) is 0 Å². The zero-order valence-electron chi connectivity index (χ0n) is 10.1. The lowest BCUT2D eigenvalue weighted by atomic mass is 9.85. The van der Waals surface area contributed by atoms with E-state index in [2.05, 4.69) is 26.2 Å². The SMILES string of the molecule is COc1ccc(C(=O)NN)cc1C(C)(C)C. The van der Waals surface area contributed by atoms with Crippen molar-refractivity contribution in [2.75, 3.05) is 7.11 Å². The van der Waals surface area contributed by atoms with Crippen LogP contribution < -0.4 is 16.0 Å². The van der Waals surface area contributed by atoms with Crippen molar-refractivity contribution in [2.24, 2.45) is 5.84 Å². The molecule has 4 heteroatoms. The van der Waals surface area contributed by atoms with Crippen molar-refractivity contribution < 1.29 is 9.53 Å². The van der Waals surface area contributed by atoms with Crippen molar-refractivity contribution in [3.8, 4) is 5.75 Å². The van der Waals surface area contributed by atoms with E-state index in [1.165, 1.54) is 0 Å². The van der Waals surface area contributed by atoms with Gasteiger partial charge in [0.25, 0.3) is 5.91 Å². The Balaban J connectivity index is 3.27. The molecule has 0 atom stereocenters. The van der Waals surface area contributed by atoms with E-state index in [1.807, 2.05) is 0 Å². The molecule has 3 N–H and O–H groups in total. The summed E-state index contributed by atoms with van der Waals surface area (Å²) in [5.74, 6) is 5.58. The third-order valence-corrected chi connectivity index (χ3v) is 2.40. The molecule has 0 radical (unpaired) electrons. The minimum Gasteiger partial charge on any atom is -0.496 e. The summed E-state index contributed by atoms with van der Waals surface area (Å²) in [4.78, 5) is 11.4. The Bertz CT molecular complexity index is 394. The third-order valence-electron chi connectivity index (χ3n) is 2.40. The third kappa shape index (κ3) is 2.52. The van der Waals surface area contributed by atoms with Gasteiger partial charge in [-0.25, -0.2) is 5.84 Å². The van der Waals surface area contributed by atoms with Gasteiger partial charge in [0.05, 0.1) is 7.11 Å². The van der Waals surface area contributed by atoms with Gasteiger partial charge in [-0.2, -0.15) is 0 Å². The Hall–Kier alpha value is -1.55. The van der Waals surface area contributed by atoms with E-state index in [0.29, 0.717) is 5.56 Å². The van der Waals surface area contributed by atoms with Crippen molar-refractivity contribution in [3.63, 3.8) is 0 Å². The number of hydrogen-bond acceptors (Lipinski definition) is 3. The van der Waals surface area contributed by atoms with Crippen LogP contribution in [0.1, 0.15) is 36.7 Å². The van der Waals surface area contributed by atoms with Crippen molar-refractivity contribution in [2.45, 2.75) is 26.2 Å². The van der Waals surface area contributed by atoms with Crippen LogP contribution in [0, 0.1) is 0 Å². The molecule has 0 bridgehead atoms. The number of nitrogens with one attached hydrogen (secondary N) is 1. The molecule has 4 nitrogen and oxygen atoms in total. The van der Waals surface area contributed by atoms with Crippen LogP contribution in [-0.2, 0) is 5.41 Å². The highest BCUT2D eigenvalue weighted by molar-refractivity contribution is 5.94. The van der Waals surface area contributed by atoms with Gasteiger partial charge < -0.3 is 4.74 Å². The molecule has 0 saturated heterocycles. The smallest absolute Gasteiger partial charge is 0.265 e. The molecule has 0 saturated carbocycles. The van der Waals surface area contributed by atoms with Gasteiger partial charge >= 0.3 is 0 Å². The molecule has 0 aromatic heterocycles. The van der Waals surface area contributed by atoms with Gasteiger partial charge in [-0.1, -0.05) is 20.8 Å². The summed E-state index contributed by atoms with van der Waals surface area (Å²) >= 11 is 0. The van der Waals surface area contributed by atoms with Crippen LogP contribution in [0.5, 0.6) is 5.75 Å². The first-order valence-electron chi connectivity index (χ1n) is 5.09. The number of ether oxygens (including phenoxy) is 1. The summed E-state index contributed by atoms with van der Waals surface area (Å²) < 4.78 is 5.28. The lowest BCUT2D eigenvalue weighted by Gasteiger charge is -2.22. The molecule has 0 heterocycles. The topological polar surface area (TPSA) is 64.3 Å². The Morgan fingerprint density at radius 2 is 2.00 bits per heavy atom. The molecule has 0 unspecified atom stereocenters. The lowest BCUT2D eigenvalue weighted by Crippen LogP contribution is -2.30. The van der Waals surface area contributed by atoms with Gasteiger partial charge in [0.15, 0.2) is 0 Å². The number of methoxy groups -OCH3 is 1. The van der Waals surface area contributed by atoms with E-state index in [0.717, 1.165) is 11.3 Å². The van der Waals surface area contributed by atoms with E-state index >= 15 is 0 Å². The Labute approximate surface area is 95.8 Å². The number of benzene rings is 1. The fourth-order valence-corrected chi connectivity index (χ4v) is 1.52. The standard InChI is InChI=1S/C12H18N2O2/c1-12(2,3)9-7-8(11(15)14-13)5-6-10(9)16-4/h5-7H,13H2,1-4H3,(H,14,15). The molecule has 1 aromatic rings. The fraction of sp³-hybridized carbons (Fsp3) is 0.417. The van der Waals surface area contributed by atoms with Crippen molar-refractivity contribution in [1.29, 1.82) is 0 Å². The van der Waals surface area contributed by atoms with E-state index < -0.39 is 0 Å². The number of rotatable bonds is 2. The maximum atomic E-state index is 11.4. The summed E-state index contributed by atoms with van der Waals surface area (Å²) in [5.41, 5.74) is 3.55. The van der Waals surface area contributed by atoms with Gasteiger partial charge in [-0.15, -0.1) is 0 Å². The average Bonchev–Trinajstić information content (AvgIpc) is 2.26. The van der Waals surface area contributed by atoms with Crippen molar-refractivity contribution in [1.82, 2.24) is 5.43 Å². The summed E-state index contributed by atoms with van der Waals surface area (Å²) in [5, 5.41) is 0. The second kappa shape index (κ2) is 4.53. The summed E-state index contributed by atoms with van der Waals surface area (Å²) in [6.45, 7) is 6.19. The molecule has 88 valence electrons. The largest absolute Gasteiger partial charge is 0.496 e.